The highest BCUT2D eigenvalue weighted by molar-refractivity contribution is 6.31. The summed E-state index contributed by atoms with van der Waals surface area (Å²) < 4.78 is 5.20. The van der Waals surface area contributed by atoms with Gasteiger partial charge in [0, 0.05) is 10.6 Å². The van der Waals surface area contributed by atoms with Crippen LogP contribution in [0.1, 0.15) is 25.8 Å². The van der Waals surface area contributed by atoms with Crippen molar-refractivity contribution in [2.45, 2.75) is 32.7 Å². The molecule has 1 N–H and O–H groups in total. The van der Waals surface area contributed by atoms with E-state index in [4.69, 9.17) is 21.6 Å². The molecule has 5 heteroatoms. The van der Waals surface area contributed by atoms with E-state index in [0.29, 0.717) is 16.3 Å². The smallest absolute Gasteiger partial charge is 0.225 e. The zero-order chi connectivity index (χ0) is 15.1. The van der Waals surface area contributed by atoms with Crippen LogP contribution >= 0.6 is 11.6 Å². The SMILES string of the molecule is CCC(C)C(C#N)NC(=O)Cc1c(Cl)cccc1OC. The molecule has 1 aromatic carbocycles. The van der Waals surface area contributed by atoms with Gasteiger partial charge in [0.2, 0.25) is 5.91 Å². The van der Waals surface area contributed by atoms with Gasteiger partial charge in [-0.1, -0.05) is 37.9 Å². The van der Waals surface area contributed by atoms with Crippen molar-refractivity contribution < 1.29 is 9.53 Å². The summed E-state index contributed by atoms with van der Waals surface area (Å²) in [5.74, 6) is 0.449. The van der Waals surface area contributed by atoms with Gasteiger partial charge in [-0.2, -0.15) is 5.26 Å². The van der Waals surface area contributed by atoms with E-state index in [9.17, 15) is 4.79 Å². The van der Waals surface area contributed by atoms with Crippen LogP contribution in [0.3, 0.4) is 0 Å². The van der Waals surface area contributed by atoms with Crippen LogP contribution < -0.4 is 10.1 Å². The number of hydrogen-bond acceptors (Lipinski definition) is 3. The summed E-state index contributed by atoms with van der Waals surface area (Å²) in [7, 11) is 1.53. The Labute approximate surface area is 124 Å². The average Bonchev–Trinajstić information content (AvgIpc) is 2.46. The molecule has 0 fully saturated rings. The van der Waals surface area contributed by atoms with Gasteiger partial charge in [-0.05, 0) is 18.1 Å². The van der Waals surface area contributed by atoms with E-state index in [1.54, 1.807) is 18.2 Å². The molecule has 0 bridgehead atoms. The second-order valence-corrected chi connectivity index (χ2v) is 5.06. The quantitative estimate of drug-likeness (QED) is 0.877. The Morgan fingerprint density at radius 3 is 2.80 bits per heavy atom. The molecule has 2 atom stereocenters. The van der Waals surface area contributed by atoms with E-state index in [1.165, 1.54) is 7.11 Å². The Balaban J connectivity index is 2.79. The summed E-state index contributed by atoms with van der Waals surface area (Å²) in [5.41, 5.74) is 0.634. The van der Waals surface area contributed by atoms with E-state index in [2.05, 4.69) is 11.4 Å². The number of carbonyl (C=O) groups excluding carboxylic acids is 1. The van der Waals surface area contributed by atoms with E-state index < -0.39 is 6.04 Å². The lowest BCUT2D eigenvalue weighted by atomic mass is 10.00. The first-order chi connectivity index (χ1) is 9.53. The summed E-state index contributed by atoms with van der Waals surface area (Å²) in [6.07, 6.45) is 0.922. The molecule has 0 radical (unpaired) electrons. The number of benzene rings is 1. The third kappa shape index (κ3) is 4.14. The van der Waals surface area contributed by atoms with Crippen LogP contribution in [-0.2, 0) is 11.2 Å². The second-order valence-electron chi connectivity index (χ2n) is 4.66. The predicted octanol–water partition coefficient (Wildman–Crippen LogP) is 2.95. The highest BCUT2D eigenvalue weighted by atomic mass is 35.5. The molecule has 0 aliphatic heterocycles. The first kappa shape index (κ1) is 16.3. The van der Waals surface area contributed by atoms with Crippen molar-refractivity contribution in [3.05, 3.63) is 28.8 Å². The fourth-order valence-electron chi connectivity index (χ4n) is 1.82. The molecule has 108 valence electrons. The molecule has 0 spiro atoms. The highest BCUT2D eigenvalue weighted by Crippen LogP contribution is 2.26. The van der Waals surface area contributed by atoms with Gasteiger partial charge in [0.1, 0.15) is 11.8 Å². The molecule has 1 amide bonds. The van der Waals surface area contributed by atoms with E-state index in [-0.39, 0.29) is 18.2 Å². The van der Waals surface area contributed by atoms with E-state index in [0.717, 1.165) is 6.42 Å². The van der Waals surface area contributed by atoms with Gasteiger partial charge in [0.25, 0.3) is 0 Å². The lowest BCUT2D eigenvalue weighted by molar-refractivity contribution is -0.121. The number of methoxy groups -OCH3 is 1. The Kier molecular flexibility index (Phi) is 6.33. The largest absolute Gasteiger partial charge is 0.496 e. The fourth-order valence-corrected chi connectivity index (χ4v) is 2.06. The second kappa shape index (κ2) is 7.76. The topological polar surface area (TPSA) is 62.1 Å². The van der Waals surface area contributed by atoms with Crippen molar-refractivity contribution in [2.24, 2.45) is 5.92 Å². The number of nitrogens with one attached hydrogen (secondary N) is 1. The van der Waals surface area contributed by atoms with Gasteiger partial charge in [-0.3, -0.25) is 4.79 Å². The average molecular weight is 295 g/mol. The molecule has 4 nitrogen and oxygen atoms in total. The maximum Gasteiger partial charge on any atom is 0.225 e. The van der Waals surface area contributed by atoms with E-state index in [1.807, 2.05) is 13.8 Å². The molecule has 0 saturated carbocycles. The first-order valence-corrected chi connectivity index (χ1v) is 6.91. The molecule has 1 rings (SSSR count). The number of carbonyl (C=O) groups is 1. The molecule has 0 aliphatic rings. The van der Waals surface area contributed by atoms with Gasteiger partial charge in [-0.25, -0.2) is 0 Å². The number of amides is 1. The maximum absolute atomic E-state index is 12.0. The molecule has 0 aliphatic carbocycles. The van der Waals surface area contributed by atoms with Crippen LogP contribution in [0.2, 0.25) is 5.02 Å². The number of nitriles is 1. The van der Waals surface area contributed by atoms with Gasteiger partial charge >= 0.3 is 0 Å². The minimum Gasteiger partial charge on any atom is -0.496 e. The van der Waals surface area contributed by atoms with Crippen LogP contribution in [0.5, 0.6) is 5.75 Å². The van der Waals surface area contributed by atoms with Gasteiger partial charge in [0.15, 0.2) is 0 Å². The lowest BCUT2D eigenvalue weighted by Crippen LogP contribution is -2.39. The Hall–Kier alpha value is -1.73. The molecular formula is C15H19ClN2O2. The minimum absolute atomic E-state index is 0.0947. The molecule has 0 aromatic heterocycles. The number of nitrogens with zero attached hydrogens (tertiary/aromatic N) is 1. The maximum atomic E-state index is 12.0. The predicted molar refractivity (Wildman–Crippen MR) is 78.7 cm³/mol. The third-order valence-electron chi connectivity index (χ3n) is 3.30. The van der Waals surface area contributed by atoms with Crippen LogP contribution in [0.25, 0.3) is 0 Å². The molecule has 2 unspecified atom stereocenters. The molecule has 0 saturated heterocycles. The van der Waals surface area contributed by atoms with Crippen LogP contribution in [0, 0.1) is 17.2 Å². The van der Waals surface area contributed by atoms with Crippen molar-refractivity contribution in [3.8, 4) is 11.8 Å². The van der Waals surface area contributed by atoms with Crippen molar-refractivity contribution in [3.63, 3.8) is 0 Å². The van der Waals surface area contributed by atoms with Crippen molar-refractivity contribution in [2.75, 3.05) is 7.11 Å². The van der Waals surface area contributed by atoms with Crippen molar-refractivity contribution >= 4 is 17.5 Å². The number of halogens is 1. The molecule has 20 heavy (non-hydrogen) atoms. The van der Waals surface area contributed by atoms with Crippen LogP contribution in [-0.4, -0.2) is 19.1 Å². The van der Waals surface area contributed by atoms with Crippen molar-refractivity contribution in [1.29, 1.82) is 5.26 Å². The normalized spacial score (nSPS) is 13.2. The number of hydrogen-bond donors (Lipinski definition) is 1. The Morgan fingerprint density at radius 1 is 1.55 bits per heavy atom. The Bertz CT molecular complexity index is 511. The van der Waals surface area contributed by atoms with E-state index >= 15 is 0 Å². The summed E-state index contributed by atoms with van der Waals surface area (Å²) >= 11 is 6.09. The molecular weight excluding hydrogens is 276 g/mol. The van der Waals surface area contributed by atoms with Gasteiger partial charge in [0.05, 0.1) is 19.6 Å². The third-order valence-corrected chi connectivity index (χ3v) is 3.66. The first-order valence-electron chi connectivity index (χ1n) is 6.53. The fraction of sp³-hybridized carbons (Fsp3) is 0.467. The zero-order valence-electron chi connectivity index (χ0n) is 11.9. The molecule has 0 heterocycles. The zero-order valence-corrected chi connectivity index (χ0v) is 12.7. The highest BCUT2D eigenvalue weighted by Gasteiger charge is 2.19. The van der Waals surface area contributed by atoms with Gasteiger partial charge in [-0.15, -0.1) is 0 Å². The monoisotopic (exact) mass is 294 g/mol. The summed E-state index contributed by atoms with van der Waals surface area (Å²) in [6, 6.07) is 6.86. The standard InChI is InChI=1S/C15H19ClN2O2/c1-4-10(2)13(9-17)18-15(19)8-11-12(16)6-5-7-14(11)20-3/h5-7,10,13H,4,8H2,1-3H3,(H,18,19). The van der Waals surface area contributed by atoms with Gasteiger partial charge < -0.3 is 10.1 Å². The van der Waals surface area contributed by atoms with Crippen LogP contribution in [0.15, 0.2) is 18.2 Å². The summed E-state index contributed by atoms with van der Waals surface area (Å²) in [4.78, 5) is 12.0. The minimum atomic E-state index is -0.485. The lowest BCUT2D eigenvalue weighted by Gasteiger charge is -2.18. The Morgan fingerprint density at radius 2 is 2.25 bits per heavy atom. The van der Waals surface area contributed by atoms with Crippen molar-refractivity contribution in [1.82, 2.24) is 5.32 Å². The summed E-state index contributed by atoms with van der Waals surface area (Å²) in [5, 5.41) is 12.3. The summed E-state index contributed by atoms with van der Waals surface area (Å²) in [6.45, 7) is 3.92. The van der Waals surface area contributed by atoms with Crippen LogP contribution in [0.4, 0.5) is 0 Å². The number of ether oxygens (including phenoxy) is 1. The number of rotatable bonds is 6. The molecule has 1 aromatic rings.